The van der Waals surface area contributed by atoms with Gasteiger partial charge in [-0.25, -0.2) is 0 Å². The number of amides is 1. The Hall–Kier alpha value is -3.73. The molecule has 0 heterocycles. The molecular formula is C15H11ClN4O7. The second-order valence-corrected chi connectivity index (χ2v) is 5.49. The van der Waals surface area contributed by atoms with Crippen molar-refractivity contribution in [3.63, 3.8) is 0 Å². The van der Waals surface area contributed by atoms with Crippen molar-refractivity contribution in [2.24, 2.45) is 0 Å². The number of nitrogens with zero attached hydrogens (tertiary/aromatic N) is 2. The topological polar surface area (TPSA) is 165 Å². The predicted octanol–water partition coefficient (Wildman–Crippen LogP) is 2.71. The molecule has 0 radical (unpaired) electrons. The highest BCUT2D eigenvalue weighted by Gasteiger charge is 2.29. The van der Waals surface area contributed by atoms with E-state index in [4.69, 9.17) is 16.7 Å². The van der Waals surface area contributed by atoms with E-state index in [1.807, 2.05) is 5.32 Å². The van der Waals surface area contributed by atoms with Crippen molar-refractivity contribution in [3.8, 4) is 0 Å². The molecule has 0 aromatic heterocycles. The number of hydrogen-bond donors (Lipinski definition) is 3. The molecular weight excluding hydrogens is 384 g/mol. The minimum Gasteiger partial charge on any atom is -0.480 e. The molecule has 0 atom stereocenters. The molecule has 11 nitrogen and oxygen atoms in total. The smallest absolute Gasteiger partial charge is 0.322 e. The molecule has 1 amide bonds. The number of carbonyl (C=O) groups excluding carboxylic acids is 1. The lowest BCUT2D eigenvalue weighted by atomic mass is 10.1. The summed E-state index contributed by atoms with van der Waals surface area (Å²) < 4.78 is 0. The second-order valence-electron chi connectivity index (χ2n) is 5.08. The summed E-state index contributed by atoms with van der Waals surface area (Å²) in [6.45, 7) is -0.750. The Morgan fingerprint density at radius 3 is 2.11 bits per heavy atom. The van der Waals surface area contributed by atoms with Crippen LogP contribution in [0.3, 0.4) is 0 Å². The number of carboxylic acids is 1. The SMILES string of the molecule is O=C(O)CNC(=O)c1cc([N+](=O)[O-])c(Nc2ccccc2Cl)c([N+](=O)[O-])c1. The Labute approximate surface area is 155 Å². The van der Waals surface area contributed by atoms with Gasteiger partial charge in [-0.15, -0.1) is 0 Å². The maximum absolute atomic E-state index is 12.0. The molecule has 140 valence electrons. The quantitative estimate of drug-likeness (QED) is 0.476. The molecule has 2 aromatic carbocycles. The van der Waals surface area contributed by atoms with Crippen molar-refractivity contribution in [1.82, 2.24) is 5.32 Å². The van der Waals surface area contributed by atoms with Gasteiger partial charge < -0.3 is 15.7 Å². The first-order chi connectivity index (χ1) is 12.7. The first-order valence-electron chi connectivity index (χ1n) is 7.19. The average molecular weight is 395 g/mol. The number of nitro groups is 2. The van der Waals surface area contributed by atoms with Crippen LogP contribution in [0, 0.1) is 20.2 Å². The third kappa shape index (κ3) is 4.67. The van der Waals surface area contributed by atoms with Crippen LogP contribution >= 0.6 is 11.6 Å². The Balaban J connectivity index is 2.57. The molecule has 0 saturated carbocycles. The summed E-state index contributed by atoms with van der Waals surface area (Å²) in [6, 6.07) is 7.73. The zero-order chi connectivity index (χ0) is 20.1. The maximum Gasteiger partial charge on any atom is 0.322 e. The lowest BCUT2D eigenvalue weighted by molar-refractivity contribution is -0.392. The van der Waals surface area contributed by atoms with Crippen LogP contribution in [0.4, 0.5) is 22.7 Å². The minimum absolute atomic E-state index is 0.171. The van der Waals surface area contributed by atoms with Crippen LogP contribution < -0.4 is 10.6 Å². The Bertz CT molecular complexity index is 913. The normalized spacial score (nSPS) is 10.1. The number of para-hydroxylation sites is 1. The van der Waals surface area contributed by atoms with Crippen LogP contribution in [0.1, 0.15) is 10.4 Å². The lowest BCUT2D eigenvalue weighted by Gasteiger charge is -2.11. The van der Waals surface area contributed by atoms with Crippen LogP contribution in [0.5, 0.6) is 0 Å². The first-order valence-corrected chi connectivity index (χ1v) is 7.57. The van der Waals surface area contributed by atoms with Gasteiger partial charge in [-0.1, -0.05) is 23.7 Å². The summed E-state index contributed by atoms with van der Waals surface area (Å²) in [4.78, 5) is 43.5. The average Bonchev–Trinajstić information content (AvgIpc) is 2.61. The van der Waals surface area contributed by atoms with Gasteiger partial charge >= 0.3 is 17.3 Å². The summed E-state index contributed by atoms with van der Waals surface area (Å²) in [5.74, 6) is -2.35. The number of anilines is 2. The van der Waals surface area contributed by atoms with Gasteiger partial charge in [0.25, 0.3) is 5.91 Å². The van der Waals surface area contributed by atoms with Crippen LogP contribution in [0.15, 0.2) is 36.4 Å². The molecule has 27 heavy (non-hydrogen) atoms. The second kappa shape index (κ2) is 8.10. The monoisotopic (exact) mass is 394 g/mol. The fourth-order valence-electron chi connectivity index (χ4n) is 2.11. The zero-order valence-electron chi connectivity index (χ0n) is 13.3. The van der Waals surface area contributed by atoms with Crippen LogP contribution in [-0.4, -0.2) is 33.4 Å². The van der Waals surface area contributed by atoms with E-state index >= 15 is 0 Å². The highest BCUT2D eigenvalue weighted by Crippen LogP contribution is 2.39. The van der Waals surface area contributed by atoms with E-state index < -0.39 is 50.9 Å². The number of carboxylic acid groups (broad SMARTS) is 1. The molecule has 0 bridgehead atoms. The zero-order valence-corrected chi connectivity index (χ0v) is 14.1. The number of nitro benzene ring substituents is 2. The fourth-order valence-corrected chi connectivity index (χ4v) is 2.30. The Morgan fingerprint density at radius 1 is 1.07 bits per heavy atom. The van der Waals surface area contributed by atoms with E-state index in [-0.39, 0.29) is 10.7 Å². The largest absolute Gasteiger partial charge is 0.480 e. The molecule has 0 aliphatic rings. The van der Waals surface area contributed by atoms with Crippen LogP contribution in [-0.2, 0) is 4.79 Å². The summed E-state index contributed by atoms with van der Waals surface area (Å²) in [7, 11) is 0. The van der Waals surface area contributed by atoms with E-state index in [0.717, 1.165) is 12.1 Å². The van der Waals surface area contributed by atoms with Crippen molar-refractivity contribution in [3.05, 3.63) is 67.2 Å². The number of benzene rings is 2. The number of rotatable bonds is 7. The molecule has 12 heteroatoms. The van der Waals surface area contributed by atoms with Crippen molar-refractivity contribution < 1.29 is 24.5 Å². The van der Waals surface area contributed by atoms with Crippen molar-refractivity contribution in [2.45, 2.75) is 0 Å². The Morgan fingerprint density at radius 2 is 1.63 bits per heavy atom. The summed E-state index contributed by atoms with van der Waals surface area (Å²) >= 11 is 5.97. The lowest BCUT2D eigenvalue weighted by Crippen LogP contribution is -2.29. The molecule has 3 N–H and O–H groups in total. The van der Waals surface area contributed by atoms with E-state index in [0.29, 0.717) is 0 Å². The maximum atomic E-state index is 12.0. The third-order valence-electron chi connectivity index (χ3n) is 3.29. The van der Waals surface area contributed by atoms with Gasteiger partial charge in [-0.2, -0.15) is 0 Å². The third-order valence-corrected chi connectivity index (χ3v) is 3.62. The van der Waals surface area contributed by atoms with Crippen molar-refractivity contribution in [2.75, 3.05) is 11.9 Å². The van der Waals surface area contributed by atoms with E-state index in [9.17, 15) is 29.8 Å². The van der Waals surface area contributed by atoms with Gasteiger partial charge in [0, 0.05) is 12.1 Å². The fraction of sp³-hybridized carbons (Fsp3) is 0.0667. The number of nitrogens with one attached hydrogen (secondary N) is 2. The van der Waals surface area contributed by atoms with Crippen LogP contribution in [0.2, 0.25) is 5.02 Å². The van der Waals surface area contributed by atoms with Crippen molar-refractivity contribution in [1.29, 1.82) is 0 Å². The van der Waals surface area contributed by atoms with E-state index in [2.05, 4.69) is 5.32 Å². The van der Waals surface area contributed by atoms with Gasteiger partial charge in [0.1, 0.15) is 6.54 Å². The number of hydrogen-bond acceptors (Lipinski definition) is 7. The number of carbonyl (C=O) groups is 2. The molecule has 0 saturated heterocycles. The summed E-state index contributed by atoms with van der Waals surface area (Å²) in [5.41, 5.74) is -2.20. The van der Waals surface area contributed by atoms with Crippen molar-refractivity contribution >= 4 is 46.2 Å². The number of halogens is 1. The van der Waals surface area contributed by atoms with Gasteiger partial charge in [0.2, 0.25) is 0 Å². The van der Waals surface area contributed by atoms with E-state index in [1.54, 1.807) is 12.1 Å². The molecule has 2 aromatic rings. The minimum atomic E-state index is -1.34. The van der Waals surface area contributed by atoms with E-state index in [1.165, 1.54) is 12.1 Å². The highest BCUT2D eigenvalue weighted by atomic mass is 35.5. The molecule has 0 fully saturated rings. The summed E-state index contributed by atoms with van der Waals surface area (Å²) in [6.07, 6.45) is 0. The molecule has 2 rings (SSSR count). The van der Waals surface area contributed by atoms with Gasteiger partial charge in [0.05, 0.1) is 26.1 Å². The molecule has 0 aliphatic carbocycles. The molecule has 0 unspecified atom stereocenters. The van der Waals surface area contributed by atoms with Gasteiger partial charge in [-0.3, -0.25) is 29.8 Å². The highest BCUT2D eigenvalue weighted by molar-refractivity contribution is 6.33. The summed E-state index contributed by atoms with van der Waals surface area (Å²) in [5, 5.41) is 36.1. The van der Waals surface area contributed by atoms with Gasteiger partial charge in [0.15, 0.2) is 5.69 Å². The first kappa shape index (κ1) is 19.6. The molecule has 0 aliphatic heterocycles. The van der Waals surface area contributed by atoms with Crippen LogP contribution in [0.25, 0.3) is 0 Å². The predicted molar refractivity (Wildman–Crippen MR) is 94.5 cm³/mol. The standard InChI is InChI=1S/C15H11ClN4O7/c16-9-3-1-2-4-10(9)18-14-11(19(24)25)5-8(6-12(14)20(26)27)15(23)17-7-13(21)22/h1-6,18H,7H2,(H,17,23)(H,21,22). The van der Waals surface area contributed by atoms with Gasteiger partial charge in [-0.05, 0) is 12.1 Å². The number of aliphatic carboxylic acids is 1. The Kier molecular flexibility index (Phi) is 5.88. The molecule has 0 spiro atoms.